The van der Waals surface area contributed by atoms with Crippen molar-refractivity contribution in [2.45, 2.75) is 96.5 Å². The van der Waals surface area contributed by atoms with E-state index < -0.39 is 5.97 Å². The Morgan fingerprint density at radius 3 is 2.00 bits per heavy atom. The zero-order valence-corrected chi connectivity index (χ0v) is 13.7. The second kappa shape index (κ2) is 15.6. The number of carboxylic acids is 1. The van der Waals surface area contributed by atoms with E-state index in [1.165, 1.54) is 44.6 Å². The number of aliphatic hydroxyl groups is 1. The molecule has 0 bridgehead atoms. The summed E-state index contributed by atoms with van der Waals surface area (Å²) in [5.74, 6) is -0.862. The van der Waals surface area contributed by atoms with Crippen LogP contribution >= 0.6 is 0 Å². The first-order chi connectivity index (χ1) is 10.2. The Bertz CT molecular complexity index is 261. The summed E-state index contributed by atoms with van der Waals surface area (Å²) in [6.07, 6.45) is 17.6. The third-order valence-corrected chi connectivity index (χ3v) is 3.81. The van der Waals surface area contributed by atoms with Crippen LogP contribution in [0.3, 0.4) is 0 Å². The lowest BCUT2D eigenvalue weighted by molar-refractivity contribution is -0.131. The van der Waals surface area contributed by atoms with Crippen LogP contribution in [0.4, 0.5) is 0 Å². The maximum Gasteiger partial charge on any atom is 0.327 e. The molecule has 1 atom stereocenters. The van der Waals surface area contributed by atoms with Crippen LogP contribution in [-0.2, 0) is 4.79 Å². The molecule has 0 amide bonds. The fourth-order valence-corrected chi connectivity index (χ4v) is 2.48. The zero-order chi connectivity index (χ0) is 15.8. The first-order valence-electron chi connectivity index (χ1n) is 8.74. The van der Waals surface area contributed by atoms with E-state index in [2.05, 4.69) is 6.92 Å². The molecule has 0 aliphatic carbocycles. The number of unbranched alkanes of at least 4 members (excludes halogenated alkanes) is 9. The van der Waals surface area contributed by atoms with Gasteiger partial charge >= 0.3 is 5.97 Å². The molecule has 0 aromatic heterocycles. The van der Waals surface area contributed by atoms with Gasteiger partial charge in [-0.25, -0.2) is 4.79 Å². The van der Waals surface area contributed by atoms with Crippen molar-refractivity contribution < 1.29 is 15.0 Å². The van der Waals surface area contributed by atoms with Crippen LogP contribution in [0.2, 0.25) is 0 Å². The van der Waals surface area contributed by atoms with Crippen molar-refractivity contribution in [3.8, 4) is 0 Å². The summed E-state index contributed by atoms with van der Waals surface area (Å²) in [4.78, 5) is 10.3. The van der Waals surface area contributed by atoms with E-state index >= 15 is 0 Å². The molecule has 124 valence electrons. The van der Waals surface area contributed by atoms with Crippen molar-refractivity contribution in [2.24, 2.45) is 0 Å². The molecule has 3 heteroatoms. The van der Waals surface area contributed by atoms with Gasteiger partial charge in [0.1, 0.15) is 0 Å². The second-order valence-corrected chi connectivity index (χ2v) is 5.94. The second-order valence-electron chi connectivity index (χ2n) is 5.94. The smallest absolute Gasteiger partial charge is 0.327 e. The number of aliphatic carboxylic acids is 1. The van der Waals surface area contributed by atoms with Crippen molar-refractivity contribution in [3.63, 3.8) is 0 Å². The van der Waals surface area contributed by atoms with E-state index in [0.29, 0.717) is 0 Å². The Kier molecular flexibility index (Phi) is 14.9. The van der Waals surface area contributed by atoms with Gasteiger partial charge in [0.05, 0.1) is 6.10 Å². The Balaban J connectivity index is 3.21. The number of aliphatic hydroxyl groups excluding tert-OH is 1. The van der Waals surface area contributed by atoms with Crippen molar-refractivity contribution in [3.05, 3.63) is 12.2 Å². The van der Waals surface area contributed by atoms with Gasteiger partial charge in [-0.2, -0.15) is 0 Å². The minimum atomic E-state index is -0.862. The molecular formula is C18H34O3. The molecule has 0 aliphatic rings. The average Bonchev–Trinajstić information content (AvgIpc) is 2.45. The van der Waals surface area contributed by atoms with E-state index in [-0.39, 0.29) is 6.10 Å². The Morgan fingerprint density at radius 2 is 1.43 bits per heavy atom. The third-order valence-electron chi connectivity index (χ3n) is 3.81. The molecule has 0 heterocycles. The number of hydrogen-bond donors (Lipinski definition) is 2. The van der Waals surface area contributed by atoms with Crippen LogP contribution in [-0.4, -0.2) is 22.3 Å². The quantitative estimate of drug-likeness (QED) is 0.327. The molecule has 21 heavy (non-hydrogen) atoms. The summed E-state index contributed by atoms with van der Waals surface area (Å²) in [5, 5.41) is 18.3. The van der Waals surface area contributed by atoms with Crippen LogP contribution in [0, 0.1) is 0 Å². The van der Waals surface area contributed by atoms with E-state index in [1.807, 2.05) is 0 Å². The van der Waals surface area contributed by atoms with E-state index in [9.17, 15) is 9.90 Å². The highest BCUT2D eigenvalue weighted by Crippen LogP contribution is 2.13. The van der Waals surface area contributed by atoms with Gasteiger partial charge < -0.3 is 10.2 Å². The maximum atomic E-state index is 10.3. The summed E-state index contributed by atoms with van der Waals surface area (Å²) in [7, 11) is 0. The maximum absolute atomic E-state index is 10.3. The summed E-state index contributed by atoms with van der Waals surface area (Å²) in [5.41, 5.74) is 0. The van der Waals surface area contributed by atoms with Crippen LogP contribution in [0.15, 0.2) is 12.2 Å². The molecular weight excluding hydrogens is 264 g/mol. The highest BCUT2D eigenvalue weighted by Gasteiger charge is 2.03. The first-order valence-corrected chi connectivity index (χ1v) is 8.74. The molecule has 3 nitrogen and oxygen atoms in total. The molecule has 0 saturated heterocycles. The molecule has 2 N–H and O–H groups in total. The molecule has 0 saturated carbocycles. The lowest BCUT2D eigenvalue weighted by atomic mass is 10.0. The Labute approximate surface area is 130 Å². The summed E-state index contributed by atoms with van der Waals surface area (Å²) in [6, 6.07) is 0. The van der Waals surface area contributed by atoms with Gasteiger partial charge in [0.2, 0.25) is 0 Å². The largest absolute Gasteiger partial charge is 0.478 e. The normalized spacial score (nSPS) is 12.9. The van der Waals surface area contributed by atoms with Crippen LogP contribution in [0.5, 0.6) is 0 Å². The zero-order valence-electron chi connectivity index (χ0n) is 13.7. The highest BCUT2D eigenvalue weighted by atomic mass is 16.4. The van der Waals surface area contributed by atoms with Gasteiger partial charge in [-0.3, -0.25) is 0 Å². The number of allylic oxidation sites excluding steroid dienone is 1. The number of carboxylic acid groups (broad SMARTS) is 1. The number of rotatable bonds is 15. The first kappa shape index (κ1) is 20.2. The molecule has 0 spiro atoms. The van der Waals surface area contributed by atoms with Gasteiger partial charge in [-0.1, -0.05) is 70.8 Å². The van der Waals surface area contributed by atoms with Crippen LogP contribution in [0.25, 0.3) is 0 Å². The molecule has 0 rings (SSSR count). The van der Waals surface area contributed by atoms with Gasteiger partial charge in [-0.15, -0.1) is 0 Å². The molecule has 0 aliphatic heterocycles. The lowest BCUT2D eigenvalue weighted by Gasteiger charge is -2.10. The lowest BCUT2D eigenvalue weighted by Crippen LogP contribution is -2.05. The Hall–Kier alpha value is -0.830. The van der Waals surface area contributed by atoms with Crippen molar-refractivity contribution in [1.82, 2.24) is 0 Å². The molecule has 1 unspecified atom stereocenters. The minimum absolute atomic E-state index is 0.106. The summed E-state index contributed by atoms with van der Waals surface area (Å²) < 4.78 is 0. The molecule has 0 radical (unpaired) electrons. The molecule has 0 aromatic rings. The van der Waals surface area contributed by atoms with Crippen LogP contribution < -0.4 is 0 Å². The molecule has 0 fully saturated rings. The van der Waals surface area contributed by atoms with Gasteiger partial charge in [0.15, 0.2) is 0 Å². The average molecular weight is 298 g/mol. The monoisotopic (exact) mass is 298 g/mol. The molecule has 0 aromatic carbocycles. The standard InChI is InChI=1S/C18H34O3/c1-2-3-4-8-11-14-17(19)15-12-9-6-5-7-10-13-16-18(20)21/h13,16-17,19H,2-12,14-15H2,1H3,(H,20,21). The minimum Gasteiger partial charge on any atom is -0.478 e. The SMILES string of the molecule is CCCCCCCC(O)CCCCCCCC=CC(=O)O. The van der Waals surface area contributed by atoms with Gasteiger partial charge in [0.25, 0.3) is 0 Å². The highest BCUT2D eigenvalue weighted by molar-refractivity contribution is 5.79. The fourth-order valence-electron chi connectivity index (χ4n) is 2.48. The van der Waals surface area contributed by atoms with Crippen LogP contribution in [0.1, 0.15) is 90.4 Å². The van der Waals surface area contributed by atoms with E-state index in [1.54, 1.807) is 6.08 Å². The van der Waals surface area contributed by atoms with E-state index in [4.69, 9.17) is 5.11 Å². The van der Waals surface area contributed by atoms with Crippen molar-refractivity contribution in [1.29, 1.82) is 0 Å². The third kappa shape index (κ3) is 17.1. The Morgan fingerprint density at radius 1 is 0.905 bits per heavy atom. The number of hydrogen-bond acceptors (Lipinski definition) is 2. The summed E-state index contributed by atoms with van der Waals surface area (Å²) in [6.45, 7) is 2.22. The predicted octanol–water partition coefficient (Wildman–Crippen LogP) is 5.08. The van der Waals surface area contributed by atoms with E-state index in [0.717, 1.165) is 44.9 Å². The van der Waals surface area contributed by atoms with Gasteiger partial charge in [-0.05, 0) is 25.7 Å². The topological polar surface area (TPSA) is 57.5 Å². The number of carbonyl (C=O) groups is 1. The van der Waals surface area contributed by atoms with Gasteiger partial charge in [0, 0.05) is 6.08 Å². The predicted molar refractivity (Wildman–Crippen MR) is 88.5 cm³/mol. The summed E-state index contributed by atoms with van der Waals surface area (Å²) >= 11 is 0. The fraction of sp³-hybridized carbons (Fsp3) is 0.833. The van der Waals surface area contributed by atoms with Crippen molar-refractivity contribution >= 4 is 5.97 Å². The van der Waals surface area contributed by atoms with Crippen molar-refractivity contribution in [2.75, 3.05) is 0 Å².